The zero-order valence-corrected chi connectivity index (χ0v) is 16.5. The Labute approximate surface area is 167 Å². The van der Waals surface area contributed by atoms with Crippen molar-refractivity contribution in [2.75, 3.05) is 19.7 Å². The molecule has 0 spiro atoms. The van der Waals surface area contributed by atoms with Crippen molar-refractivity contribution in [3.63, 3.8) is 0 Å². The summed E-state index contributed by atoms with van der Waals surface area (Å²) < 4.78 is 5.77. The zero-order valence-electron chi connectivity index (χ0n) is 15.8. The van der Waals surface area contributed by atoms with Gasteiger partial charge in [0.25, 0.3) is 0 Å². The van der Waals surface area contributed by atoms with Crippen LogP contribution in [-0.4, -0.2) is 25.5 Å². The highest BCUT2D eigenvalue weighted by Gasteiger charge is 2.11. The highest BCUT2D eigenvalue weighted by atomic mass is 35.5. The summed E-state index contributed by atoms with van der Waals surface area (Å²) in [6, 6.07) is 14.4. The fourth-order valence-corrected chi connectivity index (χ4v) is 2.97. The highest BCUT2D eigenvalue weighted by Crippen LogP contribution is 2.26. The molecule has 0 amide bonds. The number of hydrogen-bond acceptors (Lipinski definition) is 3. The molecule has 27 heavy (non-hydrogen) atoms. The smallest absolute Gasteiger partial charge is 0.193 e. The van der Waals surface area contributed by atoms with Crippen LogP contribution in [-0.2, 0) is 0 Å². The molecule has 0 bridgehead atoms. The zero-order chi connectivity index (χ0) is 19.3. The van der Waals surface area contributed by atoms with Gasteiger partial charge in [-0.2, -0.15) is 0 Å². The number of hydrogen-bond donors (Lipinski definition) is 1. The van der Waals surface area contributed by atoms with Gasteiger partial charge in [-0.05, 0) is 50.6 Å². The van der Waals surface area contributed by atoms with E-state index in [4.69, 9.17) is 16.3 Å². The van der Waals surface area contributed by atoms with Crippen LogP contribution in [0.2, 0.25) is 5.02 Å². The van der Waals surface area contributed by atoms with Crippen molar-refractivity contribution < 1.29 is 9.53 Å². The maximum Gasteiger partial charge on any atom is 0.193 e. The van der Waals surface area contributed by atoms with Crippen molar-refractivity contribution in [3.05, 3.63) is 77.3 Å². The fraction of sp³-hybridized carbons (Fsp3) is 0.348. The van der Waals surface area contributed by atoms with Crippen LogP contribution in [0, 0.1) is 0 Å². The van der Waals surface area contributed by atoms with E-state index >= 15 is 0 Å². The number of benzene rings is 2. The van der Waals surface area contributed by atoms with Gasteiger partial charge in [-0.25, -0.2) is 0 Å². The summed E-state index contributed by atoms with van der Waals surface area (Å²) in [5, 5.41) is 3.86. The van der Waals surface area contributed by atoms with E-state index in [9.17, 15) is 4.79 Å². The number of halogens is 1. The first-order valence-electron chi connectivity index (χ1n) is 9.56. The predicted molar refractivity (Wildman–Crippen MR) is 113 cm³/mol. The number of carbonyl (C=O) groups excluding carboxylic acids is 1. The molecule has 4 heteroatoms. The molecular weight excluding hydrogens is 358 g/mol. The number of unbranched alkanes of at least 4 members (excludes halogenated alkanes) is 3. The summed E-state index contributed by atoms with van der Waals surface area (Å²) in [7, 11) is 0. The van der Waals surface area contributed by atoms with Gasteiger partial charge in [0, 0.05) is 11.1 Å². The van der Waals surface area contributed by atoms with E-state index in [0.717, 1.165) is 32.4 Å². The average molecular weight is 386 g/mol. The second-order valence-corrected chi connectivity index (χ2v) is 6.84. The number of carbonyl (C=O) groups is 1. The second-order valence-electron chi connectivity index (χ2n) is 6.43. The van der Waals surface area contributed by atoms with Gasteiger partial charge in [0.2, 0.25) is 0 Å². The van der Waals surface area contributed by atoms with Crippen molar-refractivity contribution in [1.29, 1.82) is 0 Å². The molecule has 0 aliphatic carbocycles. The van der Waals surface area contributed by atoms with Gasteiger partial charge in [-0.1, -0.05) is 60.9 Å². The first kappa shape index (κ1) is 21.2. The van der Waals surface area contributed by atoms with Gasteiger partial charge < -0.3 is 10.1 Å². The molecule has 2 rings (SSSR count). The Balaban J connectivity index is 1.69. The van der Waals surface area contributed by atoms with Gasteiger partial charge >= 0.3 is 0 Å². The number of ketones is 1. The van der Waals surface area contributed by atoms with E-state index in [2.05, 4.69) is 11.9 Å². The molecule has 2 aromatic carbocycles. The molecule has 0 atom stereocenters. The van der Waals surface area contributed by atoms with Gasteiger partial charge in [0.1, 0.15) is 5.75 Å². The molecule has 0 fully saturated rings. The van der Waals surface area contributed by atoms with Crippen molar-refractivity contribution in [2.45, 2.75) is 32.1 Å². The SMILES string of the molecule is C=CCCNCCCCCCOc1ccc(C(=O)c2ccccc2)cc1Cl. The van der Waals surface area contributed by atoms with E-state index in [1.165, 1.54) is 12.8 Å². The summed E-state index contributed by atoms with van der Waals surface area (Å²) in [6.07, 6.45) is 7.43. The highest BCUT2D eigenvalue weighted by molar-refractivity contribution is 6.32. The molecule has 0 saturated heterocycles. The van der Waals surface area contributed by atoms with Gasteiger partial charge in [-0.3, -0.25) is 4.79 Å². The molecular formula is C23H28ClNO2. The molecule has 1 N–H and O–H groups in total. The Hall–Kier alpha value is -2.10. The van der Waals surface area contributed by atoms with Crippen LogP contribution in [0.1, 0.15) is 48.0 Å². The van der Waals surface area contributed by atoms with Gasteiger partial charge in [0.15, 0.2) is 5.78 Å². The Bertz CT molecular complexity index is 716. The Morgan fingerprint density at radius 1 is 1.00 bits per heavy atom. The Morgan fingerprint density at radius 3 is 2.52 bits per heavy atom. The van der Waals surface area contributed by atoms with Crippen LogP contribution in [0.25, 0.3) is 0 Å². The minimum absolute atomic E-state index is 0.0363. The molecule has 0 radical (unpaired) electrons. The summed E-state index contributed by atoms with van der Waals surface area (Å²) in [5.74, 6) is 0.595. The molecule has 0 aliphatic heterocycles. The minimum Gasteiger partial charge on any atom is -0.492 e. The normalized spacial score (nSPS) is 10.6. The van der Waals surface area contributed by atoms with Crippen molar-refractivity contribution in [2.24, 2.45) is 0 Å². The lowest BCUT2D eigenvalue weighted by Crippen LogP contribution is -2.15. The van der Waals surface area contributed by atoms with Crippen LogP contribution in [0.3, 0.4) is 0 Å². The lowest BCUT2D eigenvalue weighted by Gasteiger charge is -2.09. The van der Waals surface area contributed by atoms with Crippen molar-refractivity contribution >= 4 is 17.4 Å². The van der Waals surface area contributed by atoms with E-state index in [-0.39, 0.29) is 5.78 Å². The Kier molecular flexibility index (Phi) is 9.67. The molecule has 0 saturated carbocycles. The number of nitrogens with one attached hydrogen (secondary N) is 1. The van der Waals surface area contributed by atoms with E-state index in [0.29, 0.717) is 28.5 Å². The van der Waals surface area contributed by atoms with E-state index in [1.807, 2.05) is 24.3 Å². The molecule has 0 unspecified atom stereocenters. The standard InChI is InChI=1S/C23H28ClNO2/c1-2-3-15-25-16-9-4-5-10-17-27-22-14-13-20(18-21(22)24)23(26)19-11-7-6-8-12-19/h2,6-8,11-14,18,25H,1,3-5,9-10,15-17H2. The molecule has 0 aromatic heterocycles. The third-order valence-corrected chi connectivity index (χ3v) is 4.56. The summed E-state index contributed by atoms with van der Waals surface area (Å²) in [6.45, 7) is 6.40. The maximum absolute atomic E-state index is 12.4. The fourth-order valence-electron chi connectivity index (χ4n) is 2.73. The summed E-state index contributed by atoms with van der Waals surface area (Å²) >= 11 is 6.29. The van der Waals surface area contributed by atoms with Crippen LogP contribution >= 0.6 is 11.6 Å². The summed E-state index contributed by atoms with van der Waals surface area (Å²) in [4.78, 5) is 12.4. The largest absolute Gasteiger partial charge is 0.492 e. The third kappa shape index (κ3) is 7.58. The quantitative estimate of drug-likeness (QED) is 0.274. The van der Waals surface area contributed by atoms with Crippen LogP contribution in [0.4, 0.5) is 0 Å². The van der Waals surface area contributed by atoms with Crippen molar-refractivity contribution in [3.8, 4) is 5.75 Å². The van der Waals surface area contributed by atoms with Crippen LogP contribution in [0.5, 0.6) is 5.75 Å². The van der Waals surface area contributed by atoms with Crippen molar-refractivity contribution in [1.82, 2.24) is 5.32 Å². The first-order chi connectivity index (χ1) is 13.2. The lowest BCUT2D eigenvalue weighted by atomic mass is 10.0. The monoisotopic (exact) mass is 385 g/mol. The second kappa shape index (κ2) is 12.3. The molecule has 2 aromatic rings. The predicted octanol–water partition coefficient (Wildman–Crippen LogP) is 5.68. The molecule has 0 heterocycles. The third-order valence-electron chi connectivity index (χ3n) is 4.26. The number of rotatable bonds is 13. The average Bonchev–Trinajstić information content (AvgIpc) is 2.70. The molecule has 144 valence electrons. The molecule has 0 aliphatic rings. The minimum atomic E-state index is -0.0363. The van der Waals surface area contributed by atoms with Crippen LogP contribution < -0.4 is 10.1 Å². The first-order valence-corrected chi connectivity index (χ1v) is 9.94. The molecule has 3 nitrogen and oxygen atoms in total. The van der Waals surface area contributed by atoms with Gasteiger partial charge in [0.05, 0.1) is 11.6 Å². The van der Waals surface area contributed by atoms with E-state index in [1.54, 1.807) is 30.3 Å². The maximum atomic E-state index is 12.4. The van der Waals surface area contributed by atoms with Crippen LogP contribution in [0.15, 0.2) is 61.2 Å². The Morgan fingerprint density at radius 2 is 1.78 bits per heavy atom. The lowest BCUT2D eigenvalue weighted by molar-refractivity contribution is 0.103. The number of ether oxygens (including phenoxy) is 1. The topological polar surface area (TPSA) is 38.3 Å². The van der Waals surface area contributed by atoms with E-state index < -0.39 is 0 Å². The van der Waals surface area contributed by atoms with Gasteiger partial charge in [-0.15, -0.1) is 6.58 Å². The summed E-state index contributed by atoms with van der Waals surface area (Å²) in [5.41, 5.74) is 1.23.